The Morgan fingerprint density at radius 1 is 0.765 bits per heavy atom. The van der Waals surface area contributed by atoms with E-state index in [0.29, 0.717) is 11.4 Å². The van der Waals surface area contributed by atoms with Crippen molar-refractivity contribution in [1.82, 2.24) is 9.97 Å². The molecule has 0 saturated heterocycles. The van der Waals surface area contributed by atoms with Crippen molar-refractivity contribution < 1.29 is 31.3 Å². The Labute approximate surface area is 115 Å². The third-order valence-corrected chi connectivity index (χ3v) is 1.75. The number of nitrogens with zero attached hydrogens (tertiary/aromatic N) is 2. The van der Waals surface area contributed by atoms with Crippen LogP contribution < -0.4 is 10.2 Å². The topological polar surface area (TPSA) is 71.9 Å². The van der Waals surface area contributed by atoms with E-state index in [1.165, 1.54) is 0 Å². The minimum Gasteiger partial charge on any atom is -0.850 e. The van der Waals surface area contributed by atoms with Gasteiger partial charge in [0.1, 0.15) is 0 Å². The zero-order chi connectivity index (χ0) is 11.6. The van der Waals surface area contributed by atoms with Crippen LogP contribution in [-0.2, 0) is 34.3 Å². The third kappa shape index (κ3) is 6.95. The number of hydrogen-bond donors (Lipinski definition) is 0. The number of hydrogen-bond acceptors (Lipinski definition) is 4. The molecule has 0 aliphatic carbocycles. The average molecular weight is 411 g/mol. The van der Waals surface area contributed by atoms with Crippen molar-refractivity contribution in [1.29, 1.82) is 0 Å². The van der Waals surface area contributed by atoms with Gasteiger partial charge in [0.05, 0.1) is 0 Å². The van der Waals surface area contributed by atoms with Crippen molar-refractivity contribution in [3.05, 3.63) is 60.2 Å². The molecule has 0 N–H and O–H groups in total. The maximum atomic E-state index is 10.1. The Balaban J connectivity index is 0.000000284. The fourth-order valence-corrected chi connectivity index (χ4v) is 0.967. The standard InChI is InChI=1S/2C6H6NO.Pt/c2*8-5-6-3-1-2-4-7-6;/h2*1-4H,5H2;/q2*-1;+2. The van der Waals surface area contributed by atoms with Gasteiger partial charge in [-0.3, -0.25) is 9.97 Å². The first-order chi connectivity index (χ1) is 7.86. The molecule has 2 rings (SSSR count). The summed E-state index contributed by atoms with van der Waals surface area (Å²) in [4.78, 5) is 7.57. The molecule has 0 amide bonds. The molecular formula is C12H12N2O2Pt. The summed E-state index contributed by atoms with van der Waals surface area (Å²) in [7, 11) is 0. The van der Waals surface area contributed by atoms with Crippen molar-refractivity contribution in [2.45, 2.75) is 13.2 Å². The molecule has 0 aliphatic rings. The van der Waals surface area contributed by atoms with Crippen LogP contribution in [0.15, 0.2) is 48.8 Å². The van der Waals surface area contributed by atoms with Crippen LogP contribution in [0.3, 0.4) is 0 Å². The molecule has 0 spiro atoms. The Morgan fingerprint density at radius 2 is 1.18 bits per heavy atom. The predicted molar refractivity (Wildman–Crippen MR) is 55.9 cm³/mol. The summed E-state index contributed by atoms with van der Waals surface area (Å²) in [6.45, 7) is -0.443. The van der Waals surface area contributed by atoms with Gasteiger partial charge in [-0.15, -0.1) is 0 Å². The predicted octanol–water partition coefficient (Wildman–Crippen LogP) is -0.119. The summed E-state index contributed by atoms with van der Waals surface area (Å²) >= 11 is 0. The molecule has 0 bridgehead atoms. The summed E-state index contributed by atoms with van der Waals surface area (Å²) in [5.74, 6) is 0. The van der Waals surface area contributed by atoms with Crippen molar-refractivity contribution in [2.24, 2.45) is 0 Å². The van der Waals surface area contributed by atoms with E-state index in [4.69, 9.17) is 0 Å². The average Bonchev–Trinajstić information content (AvgIpc) is 2.41. The van der Waals surface area contributed by atoms with Crippen LogP contribution >= 0.6 is 0 Å². The van der Waals surface area contributed by atoms with Crippen LogP contribution in [0.4, 0.5) is 0 Å². The largest absolute Gasteiger partial charge is 2.00 e. The smallest absolute Gasteiger partial charge is 0.850 e. The minimum atomic E-state index is -0.221. The first kappa shape index (κ1) is 15.9. The van der Waals surface area contributed by atoms with Gasteiger partial charge in [-0.05, 0) is 24.3 Å². The molecule has 0 fully saturated rings. The SMILES string of the molecule is [O-]Cc1ccccn1.[O-]Cc1ccccn1.[Pt+2]. The maximum Gasteiger partial charge on any atom is 2.00 e. The fraction of sp³-hybridized carbons (Fsp3) is 0.167. The molecule has 0 aliphatic heterocycles. The first-order valence-electron chi connectivity index (χ1n) is 4.83. The molecule has 0 saturated carbocycles. The van der Waals surface area contributed by atoms with Crippen molar-refractivity contribution >= 4 is 0 Å². The van der Waals surface area contributed by atoms with Gasteiger partial charge in [0.15, 0.2) is 0 Å². The normalized spacial score (nSPS) is 8.59. The van der Waals surface area contributed by atoms with Gasteiger partial charge < -0.3 is 10.2 Å². The van der Waals surface area contributed by atoms with Gasteiger partial charge in [-0.25, -0.2) is 0 Å². The van der Waals surface area contributed by atoms with Gasteiger partial charge in [0.25, 0.3) is 0 Å². The molecule has 17 heavy (non-hydrogen) atoms. The summed E-state index contributed by atoms with van der Waals surface area (Å²) in [6.07, 6.45) is 3.24. The number of pyridine rings is 2. The van der Waals surface area contributed by atoms with Crippen molar-refractivity contribution in [3.63, 3.8) is 0 Å². The van der Waals surface area contributed by atoms with Crippen molar-refractivity contribution in [3.8, 4) is 0 Å². The fourth-order valence-electron chi connectivity index (χ4n) is 0.967. The van der Waals surface area contributed by atoms with E-state index in [0.717, 1.165) is 0 Å². The van der Waals surface area contributed by atoms with Gasteiger partial charge in [-0.1, -0.05) is 25.3 Å². The Kier molecular flexibility index (Phi) is 9.44. The zero-order valence-corrected chi connectivity index (χ0v) is 11.3. The quantitative estimate of drug-likeness (QED) is 0.691. The Bertz CT molecular complexity index is 345. The molecule has 0 aromatic carbocycles. The molecule has 2 heterocycles. The van der Waals surface area contributed by atoms with E-state index in [2.05, 4.69) is 9.97 Å². The van der Waals surface area contributed by atoms with Gasteiger partial charge in [-0.2, -0.15) is 0 Å². The first-order valence-corrected chi connectivity index (χ1v) is 4.83. The molecular weight excluding hydrogens is 399 g/mol. The second kappa shape index (κ2) is 10.1. The molecule has 2 aromatic rings. The van der Waals surface area contributed by atoms with Crippen LogP contribution in [-0.4, -0.2) is 9.97 Å². The van der Waals surface area contributed by atoms with Crippen molar-refractivity contribution in [2.75, 3.05) is 0 Å². The summed E-state index contributed by atoms with van der Waals surface area (Å²) in [5, 5.41) is 20.1. The van der Waals surface area contributed by atoms with Gasteiger partial charge >= 0.3 is 21.1 Å². The summed E-state index contributed by atoms with van der Waals surface area (Å²) < 4.78 is 0. The maximum absolute atomic E-state index is 10.1. The third-order valence-electron chi connectivity index (χ3n) is 1.75. The molecule has 0 unspecified atom stereocenters. The van der Waals surface area contributed by atoms with E-state index in [-0.39, 0.29) is 34.3 Å². The summed E-state index contributed by atoms with van der Waals surface area (Å²) in [6, 6.07) is 10.6. The van der Waals surface area contributed by atoms with E-state index in [9.17, 15) is 10.2 Å². The number of aromatic nitrogens is 2. The molecule has 0 atom stereocenters. The van der Waals surface area contributed by atoms with Gasteiger partial charge in [0, 0.05) is 23.8 Å². The van der Waals surface area contributed by atoms with Crippen LogP contribution in [0.1, 0.15) is 11.4 Å². The molecule has 92 valence electrons. The molecule has 2 aromatic heterocycles. The van der Waals surface area contributed by atoms with Crippen LogP contribution in [0, 0.1) is 0 Å². The van der Waals surface area contributed by atoms with Crippen LogP contribution in [0.5, 0.6) is 0 Å². The zero-order valence-electron chi connectivity index (χ0n) is 9.06. The second-order valence-corrected chi connectivity index (χ2v) is 2.93. The Morgan fingerprint density at radius 3 is 1.35 bits per heavy atom. The van der Waals surface area contributed by atoms with E-state index >= 15 is 0 Å². The summed E-state index contributed by atoms with van der Waals surface area (Å²) in [5.41, 5.74) is 1.21. The molecule has 4 nitrogen and oxygen atoms in total. The Hall–Kier alpha value is -1.09. The molecule has 0 radical (unpaired) electrons. The van der Waals surface area contributed by atoms with Gasteiger partial charge in [0.2, 0.25) is 0 Å². The van der Waals surface area contributed by atoms with E-state index in [1.807, 2.05) is 0 Å². The van der Waals surface area contributed by atoms with Crippen LogP contribution in [0.25, 0.3) is 0 Å². The van der Waals surface area contributed by atoms with E-state index in [1.54, 1.807) is 48.8 Å². The second-order valence-electron chi connectivity index (χ2n) is 2.93. The molecule has 5 heteroatoms. The van der Waals surface area contributed by atoms with E-state index < -0.39 is 0 Å². The number of rotatable bonds is 2. The minimum absolute atomic E-state index is 0. The monoisotopic (exact) mass is 411 g/mol. The van der Waals surface area contributed by atoms with Crippen LogP contribution in [0.2, 0.25) is 0 Å².